The van der Waals surface area contributed by atoms with Crippen LogP contribution in [-0.2, 0) is 10.2 Å². The van der Waals surface area contributed by atoms with Gasteiger partial charge in [-0.25, -0.2) is 0 Å². The first kappa shape index (κ1) is 12.6. The number of anilines is 1. The van der Waals surface area contributed by atoms with Gasteiger partial charge in [0.25, 0.3) is 0 Å². The highest BCUT2D eigenvalue weighted by Crippen LogP contribution is 2.36. The lowest BCUT2D eigenvalue weighted by atomic mass is 9.72. The van der Waals surface area contributed by atoms with Gasteiger partial charge in [0.1, 0.15) is 0 Å². The largest absolute Gasteiger partial charge is 0.481 e. The number of carboxylic acid groups (broad SMARTS) is 1. The summed E-state index contributed by atoms with van der Waals surface area (Å²) in [6, 6.07) is 5.53. The van der Waals surface area contributed by atoms with Crippen LogP contribution in [0.2, 0.25) is 0 Å². The van der Waals surface area contributed by atoms with Gasteiger partial charge in [-0.15, -0.1) is 0 Å². The number of hydrogen-bond donors (Lipinski definition) is 2. The third-order valence-corrected chi connectivity index (χ3v) is 3.37. The molecule has 1 atom stereocenters. The van der Waals surface area contributed by atoms with Crippen molar-refractivity contribution < 1.29 is 9.90 Å². The normalized spacial score (nSPS) is 14.8. The predicted molar refractivity (Wildman–Crippen MR) is 65.4 cm³/mol. The Morgan fingerprint density at radius 2 is 2.00 bits per heavy atom. The van der Waals surface area contributed by atoms with Crippen molar-refractivity contribution in [2.24, 2.45) is 5.92 Å². The van der Waals surface area contributed by atoms with Crippen LogP contribution in [0.5, 0.6) is 0 Å². The Bertz CT molecular complexity index is 412. The molecule has 1 unspecified atom stereocenters. The number of aliphatic carboxylic acids is 1. The van der Waals surface area contributed by atoms with E-state index in [9.17, 15) is 9.90 Å². The molecule has 0 radical (unpaired) electrons. The zero-order valence-corrected chi connectivity index (χ0v) is 10.2. The molecule has 0 saturated carbocycles. The van der Waals surface area contributed by atoms with Crippen LogP contribution >= 0.6 is 0 Å². The zero-order chi connectivity index (χ0) is 12.5. The molecule has 0 amide bonds. The summed E-state index contributed by atoms with van der Waals surface area (Å²) >= 11 is 0. The molecular weight excluding hydrogens is 202 g/mol. The highest BCUT2D eigenvalue weighted by atomic mass is 16.4. The molecule has 0 aliphatic heterocycles. The molecular formula is C13H19NO2. The van der Waals surface area contributed by atoms with Gasteiger partial charge < -0.3 is 10.8 Å². The molecule has 0 bridgehead atoms. The molecule has 0 aromatic heterocycles. The Balaban J connectivity index is 3.43. The molecule has 0 aliphatic rings. The maximum atomic E-state index is 11.5. The van der Waals surface area contributed by atoms with Crippen molar-refractivity contribution in [1.82, 2.24) is 0 Å². The first-order chi connectivity index (χ1) is 7.30. The number of benzene rings is 1. The second-order valence-electron chi connectivity index (χ2n) is 4.75. The molecule has 0 heterocycles. The van der Waals surface area contributed by atoms with Gasteiger partial charge >= 0.3 is 5.97 Å². The standard InChI is InChI=1S/C13H19NO2/c1-8(2)13(4,12(15)16)10-7-9(3)5-6-11(10)14/h5-8H,14H2,1-4H3,(H,15,16). The molecule has 1 aromatic carbocycles. The highest BCUT2D eigenvalue weighted by Gasteiger charge is 2.39. The van der Waals surface area contributed by atoms with Crippen molar-refractivity contribution in [3.8, 4) is 0 Å². The van der Waals surface area contributed by atoms with Crippen molar-refractivity contribution in [2.45, 2.75) is 33.1 Å². The average Bonchev–Trinajstić information content (AvgIpc) is 2.19. The Hall–Kier alpha value is -1.51. The lowest BCUT2D eigenvalue weighted by Crippen LogP contribution is -2.38. The zero-order valence-electron chi connectivity index (χ0n) is 10.2. The van der Waals surface area contributed by atoms with Gasteiger partial charge in [0, 0.05) is 5.69 Å². The topological polar surface area (TPSA) is 63.3 Å². The summed E-state index contributed by atoms with van der Waals surface area (Å²) in [7, 11) is 0. The summed E-state index contributed by atoms with van der Waals surface area (Å²) in [5, 5.41) is 9.42. The SMILES string of the molecule is Cc1ccc(N)c(C(C)(C(=O)O)C(C)C)c1. The predicted octanol–water partition coefficient (Wildman–Crippen LogP) is 2.58. The molecule has 0 spiro atoms. The molecule has 0 aliphatic carbocycles. The van der Waals surface area contributed by atoms with Crippen LogP contribution in [0.25, 0.3) is 0 Å². The lowest BCUT2D eigenvalue weighted by molar-refractivity contribution is -0.144. The van der Waals surface area contributed by atoms with E-state index >= 15 is 0 Å². The fraction of sp³-hybridized carbons (Fsp3) is 0.462. The van der Waals surface area contributed by atoms with E-state index in [0.717, 1.165) is 5.56 Å². The molecule has 3 nitrogen and oxygen atoms in total. The highest BCUT2D eigenvalue weighted by molar-refractivity contribution is 5.83. The Kier molecular flexibility index (Phi) is 3.27. The summed E-state index contributed by atoms with van der Waals surface area (Å²) < 4.78 is 0. The van der Waals surface area contributed by atoms with Gasteiger partial charge in [0.05, 0.1) is 5.41 Å². The second kappa shape index (κ2) is 4.16. The number of nitrogens with two attached hydrogens (primary N) is 1. The van der Waals surface area contributed by atoms with Crippen molar-refractivity contribution >= 4 is 11.7 Å². The minimum absolute atomic E-state index is 0.0194. The summed E-state index contributed by atoms with van der Waals surface area (Å²) in [6.45, 7) is 7.46. The third-order valence-electron chi connectivity index (χ3n) is 3.37. The van der Waals surface area contributed by atoms with Gasteiger partial charge in [-0.05, 0) is 31.4 Å². The van der Waals surface area contributed by atoms with Gasteiger partial charge in [-0.1, -0.05) is 31.5 Å². The van der Waals surface area contributed by atoms with Gasteiger partial charge in [0.15, 0.2) is 0 Å². The molecule has 1 aromatic rings. The second-order valence-corrected chi connectivity index (χ2v) is 4.75. The van der Waals surface area contributed by atoms with Crippen LogP contribution in [0.4, 0.5) is 5.69 Å². The molecule has 1 rings (SSSR count). The number of hydrogen-bond acceptors (Lipinski definition) is 2. The molecule has 3 heteroatoms. The smallest absolute Gasteiger partial charge is 0.314 e. The van der Waals surface area contributed by atoms with Crippen molar-refractivity contribution in [2.75, 3.05) is 5.73 Å². The minimum atomic E-state index is -0.934. The quantitative estimate of drug-likeness (QED) is 0.771. The third kappa shape index (κ3) is 1.90. The summed E-state index contributed by atoms with van der Waals surface area (Å²) in [5.41, 5.74) is 7.23. The number of carboxylic acids is 1. The average molecular weight is 221 g/mol. The van der Waals surface area contributed by atoms with Crippen LogP contribution in [0.1, 0.15) is 31.9 Å². The van der Waals surface area contributed by atoms with E-state index in [4.69, 9.17) is 5.73 Å². The van der Waals surface area contributed by atoms with E-state index in [0.29, 0.717) is 11.3 Å². The van der Waals surface area contributed by atoms with Gasteiger partial charge in [-0.2, -0.15) is 0 Å². The van der Waals surface area contributed by atoms with E-state index in [1.165, 1.54) is 0 Å². The van der Waals surface area contributed by atoms with E-state index in [1.807, 2.05) is 32.9 Å². The number of nitrogen functional groups attached to an aromatic ring is 1. The molecule has 16 heavy (non-hydrogen) atoms. The maximum Gasteiger partial charge on any atom is 0.314 e. The van der Waals surface area contributed by atoms with Crippen LogP contribution in [-0.4, -0.2) is 11.1 Å². The van der Waals surface area contributed by atoms with Crippen LogP contribution in [0.15, 0.2) is 18.2 Å². The van der Waals surface area contributed by atoms with Crippen LogP contribution in [0.3, 0.4) is 0 Å². The lowest BCUT2D eigenvalue weighted by Gasteiger charge is -2.31. The Morgan fingerprint density at radius 3 is 2.44 bits per heavy atom. The summed E-state index contributed by atoms with van der Waals surface area (Å²) in [5.74, 6) is -0.853. The van der Waals surface area contributed by atoms with E-state index in [2.05, 4.69) is 0 Å². The molecule has 0 fully saturated rings. The minimum Gasteiger partial charge on any atom is -0.481 e. The summed E-state index contributed by atoms with van der Waals surface area (Å²) in [4.78, 5) is 11.5. The summed E-state index contributed by atoms with van der Waals surface area (Å²) in [6.07, 6.45) is 0. The van der Waals surface area contributed by atoms with Gasteiger partial charge in [0.2, 0.25) is 0 Å². The molecule has 88 valence electrons. The molecule has 0 saturated heterocycles. The van der Waals surface area contributed by atoms with Gasteiger partial charge in [-0.3, -0.25) is 4.79 Å². The van der Waals surface area contributed by atoms with Crippen LogP contribution in [0, 0.1) is 12.8 Å². The molecule has 3 N–H and O–H groups in total. The van der Waals surface area contributed by atoms with Crippen molar-refractivity contribution in [3.63, 3.8) is 0 Å². The number of carbonyl (C=O) groups is 1. The van der Waals surface area contributed by atoms with Crippen molar-refractivity contribution in [3.05, 3.63) is 29.3 Å². The van der Waals surface area contributed by atoms with E-state index < -0.39 is 11.4 Å². The first-order valence-electron chi connectivity index (χ1n) is 5.40. The fourth-order valence-corrected chi connectivity index (χ4v) is 1.79. The number of rotatable bonds is 3. The Labute approximate surface area is 96.3 Å². The fourth-order valence-electron chi connectivity index (χ4n) is 1.79. The Morgan fingerprint density at radius 1 is 1.44 bits per heavy atom. The van der Waals surface area contributed by atoms with E-state index in [1.54, 1.807) is 13.0 Å². The monoisotopic (exact) mass is 221 g/mol. The van der Waals surface area contributed by atoms with E-state index in [-0.39, 0.29) is 5.92 Å². The first-order valence-corrected chi connectivity index (χ1v) is 5.40. The van der Waals surface area contributed by atoms with Crippen LogP contribution < -0.4 is 5.73 Å². The van der Waals surface area contributed by atoms with Crippen molar-refractivity contribution in [1.29, 1.82) is 0 Å². The number of aryl methyl sites for hydroxylation is 1. The maximum absolute atomic E-state index is 11.5.